The van der Waals surface area contributed by atoms with Crippen molar-refractivity contribution < 1.29 is 18.8 Å². The topological polar surface area (TPSA) is 122 Å². The van der Waals surface area contributed by atoms with Gasteiger partial charge in [0.05, 0.1) is 24.1 Å². The summed E-state index contributed by atoms with van der Waals surface area (Å²) >= 11 is 0. The van der Waals surface area contributed by atoms with Crippen molar-refractivity contribution in [1.29, 1.82) is 0 Å². The zero-order chi connectivity index (χ0) is 30.0. The van der Waals surface area contributed by atoms with Crippen LogP contribution in [0.5, 0.6) is 0 Å². The first-order valence-electron chi connectivity index (χ1n) is 14.4. The number of nitrogens with two attached hydrogens (primary N) is 1. The Morgan fingerprint density at radius 1 is 1.12 bits per heavy atom. The van der Waals surface area contributed by atoms with E-state index in [2.05, 4.69) is 24.1 Å². The highest BCUT2D eigenvalue weighted by molar-refractivity contribution is 7.28. The summed E-state index contributed by atoms with van der Waals surface area (Å²) in [7, 11) is 2.74. The average Bonchev–Trinajstić information content (AvgIpc) is 3.31. The van der Waals surface area contributed by atoms with Crippen molar-refractivity contribution in [2.45, 2.75) is 71.0 Å². The van der Waals surface area contributed by atoms with E-state index in [4.69, 9.17) is 10.7 Å². The van der Waals surface area contributed by atoms with Crippen LogP contribution in [0.3, 0.4) is 0 Å². The van der Waals surface area contributed by atoms with Crippen LogP contribution in [0.2, 0.25) is 0 Å². The van der Waals surface area contributed by atoms with Gasteiger partial charge in [0.2, 0.25) is 0 Å². The van der Waals surface area contributed by atoms with Crippen molar-refractivity contribution in [1.82, 2.24) is 24.8 Å². The van der Waals surface area contributed by atoms with Crippen molar-refractivity contribution in [2.24, 2.45) is 0 Å². The maximum Gasteiger partial charge on any atom is 0.255 e. The molecule has 0 saturated carbocycles. The largest absolute Gasteiger partial charge is 0.383 e. The molecule has 0 aliphatic carbocycles. The Morgan fingerprint density at radius 2 is 1.81 bits per heavy atom. The molecule has 1 saturated heterocycles. The number of ketones is 2. The monoisotopic (exact) mass is 590 g/mol. The van der Waals surface area contributed by atoms with Gasteiger partial charge in [0.15, 0.2) is 11.6 Å². The molecule has 0 spiro atoms. The Bertz CT molecular complexity index is 1510. The summed E-state index contributed by atoms with van der Waals surface area (Å²) in [5, 5.41) is 0.847. The first kappa shape index (κ1) is 29.9. The predicted molar refractivity (Wildman–Crippen MR) is 162 cm³/mol. The minimum Gasteiger partial charge on any atom is -0.383 e. The summed E-state index contributed by atoms with van der Waals surface area (Å²) in [6.45, 7) is 5.95. The number of pyridine rings is 1. The fourth-order valence-corrected chi connectivity index (χ4v) is 6.36. The number of anilines is 1. The van der Waals surface area contributed by atoms with Crippen LogP contribution in [0.4, 0.5) is 10.2 Å². The van der Waals surface area contributed by atoms with Gasteiger partial charge in [0.25, 0.3) is 5.91 Å². The van der Waals surface area contributed by atoms with Crippen molar-refractivity contribution in [3.05, 3.63) is 65.0 Å². The SMILES string of the molecule is CCC(=O)CCC(C(C)=O)N1Cc2c(ccc(-c3ccc(CN4CCC(c5ncc(F)cn5)CC4)c(N)n3)c2P)C1=O. The Kier molecular flexibility index (Phi) is 9.04. The molecule has 42 heavy (non-hydrogen) atoms. The van der Waals surface area contributed by atoms with Crippen LogP contribution < -0.4 is 11.0 Å². The fourth-order valence-electron chi connectivity index (χ4n) is 5.87. The van der Waals surface area contributed by atoms with Gasteiger partial charge >= 0.3 is 0 Å². The molecule has 2 aliphatic rings. The van der Waals surface area contributed by atoms with Crippen LogP contribution in [0, 0.1) is 5.82 Å². The predicted octanol–water partition coefficient (Wildman–Crippen LogP) is 3.81. The Morgan fingerprint density at radius 3 is 2.45 bits per heavy atom. The lowest BCUT2D eigenvalue weighted by molar-refractivity contribution is -0.122. The molecule has 4 heterocycles. The second-order valence-electron chi connectivity index (χ2n) is 11.1. The lowest BCUT2D eigenvalue weighted by atomic mass is 9.95. The van der Waals surface area contributed by atoms with Gasteiger partial charge in [-0.1, -0.05) is 19.1 Å². The van der Waals surface area contributed by atoms with Crippen LogP contribution in [-0.4, -0.2) is 61.4 Å². The number of carbonyl (C=O) groups excluding carboxylic acids is 3. The van der Waals surface area contributed by atoms with E-state index in [1.54, 1.807) is 17.9 Å². The third-order valence-corrected chi connectivity index (χ3v) is 9.05. The fraction of sp³-hybridized carbons (Fsp3) is 0.419. The van der Waals surface area contributed by atoms with Crippen LogP contribution in [0.1, 0.15) is 79.2 Å². The minimum atomic E-state index is -0.630. The second-order valence-corrected chi connectivity index (χ2v) is 11.7. The summed E-state index contributed by atoms with van der Waals surface area (Å²) in [4.78, 5) is 54.5. The number of halogens is 1. The summed E-state index contributed by atoms with van der Waals surface area (Å²) in [5.74, 6) is 0.701. The average molecular weight is 591 g/mol. The number of hydrogen-bond acceptors (Lipinski definition) is 8. The van der Waals surface area contributed by atoms with Gasteiger partial charge in [0.1, 0.15) is 17.4 Å². The normalized spacial score (nSPS) is 16.5. The smallest absolute Gasteiger partial charge is 0.255 e. The molecule has 0 radical (unpaired) electrons. The first-order chi connectivity index (χ1) is 20.2. The van der Waals surface area contributed by atoms with E-state index in [0.29, 0.717) is 48.8 Å². The number of Topliss-reactive ketones (excluding diaryl/α,β-unsaturated/α-hetero) is 2. The molecule has 1 fully saturated rings. The molecule has 3 aromatic rings. The van der Waals surface area contributed by atoms with Crippen molar-refractivity contribution in [2.75, 3.05) is 18.8 Å². The molecule has 220 valence electrons. The van der Waals surface area contributed by atoms with Crippen molar-refractivity contribution >= 4 is 37.8 Å². The molecule has 0 bridgehead atoms. The summed E-state index contributed by atoms with van der Waals surface area (Å²) in [5.41, 5.74) is 10.3. The Hall–Kier alpha value is -3.62. The van der Waals surface area contributed by atoms with E-state index in [0.717, 1.165) is 47.9 Å². The third-order valence-electron chi connectivity index (χ3n) is 8.39. The van der Waals surface area contributed by atoms with Crippen molar-refractivity contribution in [3.8, 4) is 11.3 Å². The highest BCUT2D eigenvalue weighted by atomic mass is 31.0. The van der Waals surface area contributed by atoms with Gasteiger partial charge in [-0.05, 0) is 62.3 Å². The first-order valence-corrected chi connectivity index (χ1v) is 14.9. The number of benzene rings is 1. The number of aromatic nitrogens is 3. The van der Waals surface area contributed by atoms with Gasteiger partial charge in [-0.15, -0.1) is 9.24 Å². The zero-order valence-corrected chi connectivity index (χ0v) is 25.1. The highest BCUT2D eigenvalue weighted by Gasteiger charge is 2.36. The molecule has 2 unspecified atom stereocenters. The van der Waals surface area contributed by atoms with Gasteiger partial charge in [-0.25, -0.2) is 19.3 Å². The third kappa shape index (κ3) is 6.25. The highest BCUT2D eigenvalue weighted by Crippen LogP contribution is 2.32. The lowest BCUT2D eigenvalue weighted by Gasteiger charge is -2.31. The molecule has 2 N–H and O–H groups in total. The van der Waals surface area contributed by atoms with Crippen LogP contribution >= 0.6 is 9.24 Å². The van der Waals surface area contributed by atoms with Gasteiger partial charge in [-0.3, -0.25) is 19.3 Å². The summed E-state index contributed by atoms with van der Waals surface area (Å²) in [6.07, 6.45) is 5.23. The van der Waals surface area contributed by atoms with Crippen LogP contribution in [-0.2, 0) is 22.7 Å². The maximum absolute atomic E-state index is 13.3. The van der Waals surface area contributed by atoms with E-state index in [1.807, 2.05) is 18.2 Å². The molecule has 11 heteroatoms. The Balaban J connectivity index is 1.27. The van der Waals surface area contributed by atoms with Crippen molar-refractivity contribution in [3.63, 3.8) is 0 Å². The number of likely N-dealkylation sites (tertiary alicyclic amines) is 1. The van der Waals surface area contributed by atoms with Gasteiger partial charge in [0, 0.05) is 48.5 Å². The van der Waals surface area contributed by atoms with Gasteiger partial charge in [-0.2, -0.15) is 0 Å². The maximum atomic E-state index is 13.3. The number of fused-ring (bicyclic) bond motifs is 1. The standard InChI is InChI=1S/C31H36FN6O3P/c1-3-22(40)5-9-27(18(2)39)38-17-25-23(31(38)41)6-7-24(28(25)42)26-8-4-20(29(33)36-26)16-37-12-10-19(11-13-37)30-34-14-21(32)15-35-30/h4,6-8,14-15,19,27H,3,5,9-13,16-17,42H2,1-2H3,(H2,33,36). The summed E-state index contributed by atoms with van der Waals surface area (Å²) < 4.78 is 13.2. The number of nitrogens with zero attached hydrogens (tertiary/aromatic N) is 5. The van der Waals surface area contributed by atoms with E-state index >= 15 is 0 Å². The number of nitrogen functional groups attached to an aromatic ring is 1. The van der Waals surface area contributed by atoms with Gasteiger partial charge < -0.3 is 10.6 Å². The molecule has 5 rings (SSSR count). The number of amides is 1. The van der Waals surface area contributed by atoms with E-state index in [9.17, 15) is 18.8 Å². The zero-order valence-electron chi connectivity index (χ0n) is 24.0. The lowest BCUT2D eigenvalue weighted by Crippen LogP contribution is -2.40. The molecule has 2 aromatic heterocycles. The molecular weight excluding hydrogens is 554 g/mol. The molecule has 9 nitrogen and oxygen atoms in total. The molecule has 1 aromatic carbocycles. The van der Waals surface area contributed by atoms with E-state index in [-0.39, 0.29) is 29.8 Å². The summed E-state index contributed by atoms with van der Waals surface area (Å²) in [6, 6.07) is 6.97. The Labute approximate surface area is 247 Å². The number of carbonyl (C=O) groups is 3. The number of piperidine rings is 1. The number of rotatable bonds is 10. The number of hydrogen-bond donors (Lipinski definition) is 1. The minimum absolute atomic E-state index is 0.0793. The quantitative estimate of drug-likeness (QED) is 0.354. The second kappa shape index (κ2) is 12.7. The molecular formula is C31H36FN6O3P. The molecule has 2 aliphatic heterocycles. The molecule has 2 atom stereocenters. The van der Waals surface area contributed by atoms with Crippen LogP contribution in [0.15, 0.2) is 36.7 Å². The van der Waals surface area contributed by atoms with E-state index < -0.39 is 11.9 Å². The van der Waals surface area contributed by atoms with Crippen LogP contribution in [0.25, 0.3) is 11.3 Å². The molecule has 1 amide bonds. The van der Waals surface area contributed by atoms with E-state index in [1.165, 1.54) is 19.3 Å².